The summed E-state index contributed by atoms with van der Waals surface area (Å²) in [6, 6.07) is 0. The highest BCUT2D eigenvalue weighted by Gasteiger charge is 2.99. The van der Waals surface area contributed by atoms with Crippen LogP contribution in [-0.4, -0.2) is 59.7 Å². The summed E-state index contributed by atoms with van der Waals surface area (Å²) in [6.45, 7) is -2.93. The molecule has 0 heterocycles. The van der Waals surface area contributed by atoms with Gasteiger partial charge >= 0.3 is 48.4 Å². The van der Waals surface area contributed by atoms with Crippen LogP contribution in [0, 0.1) is 0 Å². The molecule has 0 unspecified atom stereocenters. The Morgan fingerprint density at radius 3 is 0.733 bits per heavy atom. The van der Waals surface area contributed by atoms with Crippen LogP contribution in [0.25, 0.3) is 0 Å². The van der Waals surface area contributed by atoms with Crippen molar-refractivity contribution in [3.05, 3.63) is 0 Å². The average Bonchev–Trinajstić information content (AvgIpc) is 2.49. The van der Waals surface area contributed by atoms with Gasteiger partial charge in [0.1, 0.15) is 0 Å². The normalized spacial score (nSPS) is 16.6. The van der Waals surface area contributed by atoms with Crippen molar-refractivity contribution < 1.29 is 79.0 Å². The Labute approximate surface area is 154 Å². The van der Waals surface area contributed by atoms with E-state index >= 15 is 0 Å². The van der Waals surface area contributed by atoms with E-state index in [1.54, 1.807) is 0 Å². The molecular weight excluding hydrogens is 486 g/mol. The molecule has 0 rings (SSSR count). The maximum absolute atomic E-state index is 14.6. The average molecular weight is 494 g/mol. The summed E-state index contributed by atoms with van der Waals surface area (Å²) in [6.07, 6.45) is -12.7. The lowest BCUT2D eigenvalue weighted by atomic mass is 9.66. The maximum Gasteiger partial charge on any atom is 0.353 e. The molecule has 18 heteroatoms. The summed E-state index contributed by atoms with van der Waals surface area (Å²) in [5.41, 5.74) is -17.5. The van der Waals surface area contributed by atoms with Crippen LogP contribution in [0.1, 0.15) is 13.8 Å². The van der Waals surface area contributed by atoms with Gasteiger partial charge in [0.25, 0.3) is 11.3 Å². The lowest BCUT2D eigenvalue weighted by Crippen LogP contribution is -2.85. The minimum Gasteiger partial charge on any atom is -0.226 e. The zero-order valence-corrected chi connectivity index (χ0v) is 14.0. The fourth-order valence-corrected chi connectivity index (χ4v) is 2.22. The van der Waals surface area contributed by atoms with Gasteiger partial charge in [-0.1, -0.05) is 0 Å². The third-order valence-electron chi connectivity index (χ3n) is 3.91. The van der Waals surface area contributed by atoms with Crippen LogP contribution < -0.4 is 0 Å². The molecule has 0 fully saturated rings. The van der Waals surface area contributed by atoms with E-state index in [0.717, 1.165) is 0 Å². The molecule has 0 N–H and O–H groups in total. The Hall–Kier alpha value is -1.26. The molecule has 0 amide bonds. The van der Waals surface area contributed by atoms with E-state index in [-0.39, 0.29) is 0 Å². The first kappa shape index (κ1) is 28.7. The Bertz CT molecular complexity index is 562. The summed E-state index contributed by atoms with van der Waals surface area (Å²) in [4.78, 5) is 0. The molecule has 0 spiro atoms. The van der Waals surface area contributed by atoms with E-state index in [0.29, 0.717) is 0 Å². The molecule has 0 saturated heterocycles. The van der Waals surface area contributed by atoms with Gasteiger partial charge in [-0.3, -0.25) is 0 Å². The predicted octanol–water partition coefficient (Wildman–Crippen LogP) is 6.78. The van der Waals surface area contributed by atoms with Gasteiger partial charge in [0.05, 0.1) is 0 Å². The molecule has 182 valence electrons. The first-order valence-corrected chi connectivity index (χ1v) is 6.85. The first-order valence-electron chi connectivity index (χ1n) is 6.85. The summed E-state index contributed by atoms with van der Waals surface area (Å²) >= 11 is 0. The Morgan fingerprint density at radius 2 is 0.600 bits per heavy atom. The topological polar surface area (TPSA) is 0 Å². The van der Waals surface area contributed by atoms with Crippen molar-refractivity contribution in [2.45, 2.75) is 73.6 Å². The number of halogens is 18. The molecule has 0 nitrogen and oxygen atoms in total. The van der Waals surface area contributed by atoms with Crippen LogP contribution in [0.15, 0.2) is 0 Å². The van der Waals surface area contributed by atoms with Gasteiger partial charge in [0.15, 0.2) is 0 Å². The van der Waals surface area contributed by atoms with Gasteiger partial charge in [-0.15, -0.1) is 0 Å². The van der Waals surface area contributed by atoms with E-state index in [9.17, 15) is 79.0 Å². The zero-order chi connectivity index (χ0) is 25.2. The molecule has 0 aromatic rings. The summed E-state index contributed by atoms with van der Waals surface area (Å²) < 4.78 is 240. The highest BCUT2D eigenvalue weighted by Crippen LogP contribution is 2.68. The van der Waals surface area contributed by atoms with Crippen LogP contribution in [0.5, 0.6) is 0 Å². The summed E-state index contributed by atoms with van der Waals surface area (Å²) in [5.74, 6) is -45.9. The van der Waals surface area contributed by atoms with Gasteiger partial charge in [-0.2, -0.15) is 35.1 Å². The molecule has 30 heavy (non-hydrogen) atoms. The lowest BCUT2D eigenvalue weighted by molar-refractivity contribution is -0.446. The van der Waals surface area contributed by atoms with E-state index in [4.69, 9.17) is 0 Å². The van der Waals surface area contributed by atoms with Crippen molar-refractivity contribution >= 4 is 0 Å². The molecule has 0 aromatic heterocycles. The van der Waals surface area contributed by atoms with Gasteiger partial charge in [-0.05, 0) is 0 Å². The van der Waals surface area contributed by atoms with Crippen molar-refractivity contribution in [2.75, 3.05) is 0 Å². The second-order valence-corrected chi connectivity index (χ2v) is 6.09. The summed E-state index contributed by atoms with van der Waals surface area (Å²) in [7, 11) is 0. The number of rotatable bonds is 9. The van der Waals surface area contributed by atoms with Crippen molar-refractivity contribution in [3.8, 4) is 0 Å². The third-order valence-corrected chi connectivity index (χ3v) is 3.91. The molecule has 0 aromatic carbocycles. The minimum atomic E-state index is -8.75. The Morgan fingerprint density at radius 1 is 0.400 bits per heavy atom. The fraction of sp³-hybridized carbons (Fsp3) is 1.00. The molecule has 0 aliphatic carbocycles. The fourth-order valence-electron chi connectivity index (χ4n) is 2.22. The van der Waals surface area contributed by atoms with Crippen LogP contribution in [0.2, 0.25) is 0 Å². The van der Waals surface area contributed by atoms with Crippen molar-refractivity contribution in [1.82, 2.24) is 0 Å². The second kappa shape index (κ2) is 7.13. The Kier molecular flexibility index (Phi) is 6.83. The van der Waals surface area contributed by atoms with Gasteiger partial charge in [0.2, 0.25) is 0 Å². The van der Waals surface area contributed by atoms with Gasteiger partial charge in [0, 0.05) is 13.8 Å². The quantitative estimate of drug-likeness (QED) is 0.310. The molecule has 0 bridgehead atoms. The smallest absolute Gasteiger partial charge is 0.226 e. The number of alkyl halides is 18. The van der Waals surface area contributed by atoms with E-state index in [2.05, 4.69) is 0 Å². The van der Waals surface area contributed by atoms with Crippen molar-refractivity contribution in [2.24, 2.45) is 0 Å². The molecule has 0 atom stereocenters. The van der Waals surface area contributed by atoms with Gasteiger partial charge in [-0.25, -0.2) is 43.9 Å². The lowest BCUT2D eigenvalue weighted by Gasteiger charge is -2.52. The molecule has 0 saturated carbocycles. The van der Waals surface area contributed by atoms with Crippen molar-refractivity contribution in [3.63, 3.8) is 0 Å². The van der Waals surface area contributed by atoms with Gasteiger partial charge < -0.3 is 0 Å². The molecule has 0 aliphatic rings. The molecule has 0 radical (unpaired) electrons. The monoisotopic (exact) mass is 494 g/mol. The van der Waals surface area contributed by atoms with Crippen LogP contribution in [0.4, 0.5) is 79.0 Å². The Balaban J connectivity index is 8.05. The predicted molar refractivity (Wildman–Crippen MR) is 60.7 cm³/mol. The summed E-state index contributed by atoms with van der Waals surface area (Å²) in [5, 5.41) is 0. The molecular formula is C12H8F18. The second-order valence-electron chi connectivity index (χ2n) is 6.09. The first-order chi connectivity index (χ1) is 12.6. The largest absolute Gasteiger partial charge is 0.353 e. The number of hydrogen-bond donors (Lipinski definition) is 0. The number of hydrogen-bond acceptors (Lipinski definition) is 0. The highest BCUT2D eigenvalue weighted by atomic mass is 19.4. The third kappa shape index (κ3) is 3.26. The van der Waals surface area contributed by atoms with Crippen molar-refractivity contribution in [1.29, 1.82) is 0 Å². The highest BCUT2D eigenvalue weighted by molar-refractivity contribution is 5.29. The van der Waals surface area contributed by atoms with Crippen LogP contribution in [0.3, 0.4) is 0 Å². The maximum atomic E-state index is 14.6. The standard InChI is InChI=1S/C12H8F18/c1-5(17,18)11(27,28)10(26,12(29,30)6(2,19)20)9(25,7(21,22)3(13)14)8(23,24)4(15)16/h3-4H,1-2H3. The van der Waals surface area contributed by atoms with E-state index in [1.165, 1.54) is 0 Å². The minimum absolute atomic E-state index is 1.47. The zero-order valence-electron chi connectivity index (χ0n) is 14.0. The molecule has 0 aliphatic heterocycles. The SMILES string of the molecule is CC(F)(F)C(F)(F)C(F)(C(F)(F)C(C)(F)F)C(F)(C(F)(F)C(F)F)C(F)(F)C(F)F. The van der Waals surface area contributed by atoms with Crippen LogP contribution >= 0.6 is 0 Å². The van der Waals surface area contributed by atoms with E-state index < -0.39 is 73.6 Å². The van der Waals surface area contributed by atoms with E-state index in [1.807, 2.05) is 0 Å². The van der Waals surface area contributed by atoms with Crippen LogP contribution in [-0.2, 0) is 0 Å².